The maximum absolute atomic E-state index is 12.9. The molecule has 3 rings (SSSR count). The largest absolute Gasteiger partial charge is 0.493 e. The molecular weight excluding hydrogens is 421 g/mol. The Morgan fingerprint density at radius 1 is 1.10 bits per heavy atom. The first-order valence-corrected chi connectivity index (χ1v) is 8.99. The van der Waals surface area contributed by atoms with Crippen LogP contribution in [-0.2, 0) is 4.79 Å². The minimum absolute atomic E-state index is 0.182. The van der Waals surface area contributed by atoms with Gasteiger partial charge in [-0.2, -0.15) is 10.1 Å². The third-order valence-corrected chi connectivity index (χ3v) is 4.98. The van der Waals surface area contributed by atoms with E-state index in [4.69, 9.17) is 32.7 Å². The van der Waals surface area contributed by atoms with E-state index in [1.165, 1.54) is 38.5 Å². The van der Waals surface area contributed by atoms with Crippen LogP contribution in [0.3, 0.4) is 0 Å². The van der Waals surface area contributed by atoms with Gasteiger partial charge in [0.1, 0.15) is 0 Å². The van der Waals surface area contributed by atoms with Crippen molar-refractivity contribution in [2.45, 2.75) is 6.92 Å². The Kier molecular flexibility index (Phi) is 5.76. The summed E-state index contributed by atoms with van der Waals surface area (Å²) in [6.07, 6.45) is 1.40. The van der Waals surface area contributed by atoms with Gasteiger partial charge < -0.3 is 9.47 Å². The van der Waals surface area contributed by atoms with Crippen molar-refractivity contribution < 1.29 is 19.2 Å². The molecule has 2 aromatic carbocycles. The molecule has 0 N–H and O–H groups in total. The SMILES string of the molecule is COc1cc(/C=C2/C(=O)N(c3ccc(Cl)c(Cl)c3)N=C2C)c([N+](=O)[O-])cc1OC. The van der Waals surface area contributed by atoms with Crippen LogP contribution in [0.15, 0.2) is 41.0 Å². The zero-order valence-corrected chi connectivity index (χ0v) is 17.1. The van der Waals surface area contributed by atoms with Gasteiger partial charge in [0, 0.05) is 0 Å². The quantitative estimate of drug-likeness (QED) is 0.384. The molecule has 1 amide bonds. The number of methoxy groups -OCH3 is 2. The molecule has 0 spiro atoms. The van der Waals surface area contributed by atoms with Crippen molar-refractivity contribution >= 4 is 52.3 Å². The standard InChI is InChI=1S/C19H15Cl2N3O5/c1-10-13(19(25)23(22-10)12-4-5-14(20)15(21)8-12)6-11-7-17(28-2)18(29-3)9-16(11)24(26)27/h4-9H,1-3H3/b13-6+. The highest BCUT2D eigenvalue weighted by Crippen LogP contribution is 2.37. The highest BCUT2D eigenvalue weighted by Gasteiger charge is 2.30. The highest BCUT2D eigenvalue weighted by molar-refractivity contribution is 6.42. The van der Waals surface area contributed by atoms with Crippen LogP contribution in [0, 0.1) is 10.1 Å². The number of benzene rings is 2. The summed E-state index contributed by atoms with van der Waals surface area (Å²) < 4.78 is 10.3. The van der Waals surface area contributed by atoms with Gasteiger partial charge in [0.15, 0.2) is 11.5 Å². The minimum atomic E-state index is -0.559. The smallest absolute Gasteiger partial charge is 0.280 e. The molecule has 0 atom stereocenters. The lowest BCUT2D eigenvalue weighted by molar-refractivity contribution is -0.385. The number of nitro benzene ring substituents is 1. The second-order valence-corrected chi connectivity index (χ2v) is 6.80. The van der Waals surface area contributed by atoms with Gasteiger partial charge >= 0.3 is 0 Å². The van der Waals surface area contributed by atoms with E-state index in [2.05, 4.69) is 5.10 Å². The van der Waals surface area contributed by atoms with Gasteiger partial charge in [0.05, 0.1) is 57.8 Å². The molecule has 0 radical (unpaired) electrons. The minimum Gasteiger partial charge on any atom is -0.493 e. The molecule has 0 aromatic heterocycles. The van der Waals surface area contributed by atoms with Crippen LogP contribution in [-0.4, -0.2) is 30.8 Å². The summed E-state index contributed by atoms with van der Waals surface area (Å²) in [5, 5.41) is 17.5. The van der Waals surface area contributed by atoms with E-state index < -0.39 is 10.8 Å². The summed E-state index contributed by atoms with van der Waals surface area (Å²) >= 11 is 11.9. The number of ether oxygens (including phenoxy) is 2. The third-order valence-electron chi connectivity index (χ3n) is 4.24. The van der Waals surface area contributed by atoms with E-state index in [0.29, 0.717) is 22.2 Å². The van der Waals surface area contributed by atoms with E-state index >= 15 is 0 Å². The maximum atomic E-state index is 12.9. The number of hydrogen-bond acceptors (Lipinski definition) is 6. The first kappa shape index (κ1) is 20.6. The molecule has 8 nitrogen and oxygen atoms in total. The van der Waals surface area contributed by atoms with E-state index in [-0.39, 0.29) is 27.6 Å². The second kappa shape index (κ2) is 8.10. The molecule has 1 aliphatic heterocycles. The molecule has 0 bridgehead atoms. The molecule has 0 saturated heterocycles. The molecule has 10 heteroatoms. The van der Waals surface area contributed by atoms with E-state index in [0.717, 1.165) is 5.01 Å². The number of rotatable bonds is 5. The van der Waals surface area contributed by atoms with Crippen LogP contribution < -0.4 is 14.5 Å². The van der Waals surface area contributed by atoms with Crippen molar-refractivity contribution in [3.05, 3.63) is 61.6 Å². The number of amides is 1. The Bertz CT molecular complexity index is 1080. The van der Waals surface area contributed by atoms with E-state index in [9.17, 15) is 14.9 Å². The van der Waals surface area contributed by atoms with Crippen molar-refractivity contribution in [3.8, 4) is 11.5 Å². The molecule has 29 heavy (non-hydrogen) atoms. The normalized spacial score (nSPS) is 14.9. The van der Waals surface area contributed by atoms with Gasteiger partial charge in [0.25, 0.3) is 11.6 Å². The molecular formula is C19H15Cl2N3O5. The van der Waals surface area contributed by atoms with Gasteiger partial charge in [-0.25, -0.2) is 0 Å². The monoisotopic (exact) mass is 435 g/mol. The average molecular weight is 436 g/mol. The Morgan fingerprint density at radius 3 is 2.34 bits per heavy atom. The van der Waals surface area contributed by atoms with Crippen molar-refractivity contribution in [2.24, 2.45) is 5.10 Å². The fraction of sp³-hybridized carbons (Fsp3) is 0.158. The summed E-state index contributed by atoms with van der Waals surface area (Å²) in [6.45, 7) is 1.63. The Labute approximate surface area is 176 Å². The zero-order chi connectivity index (χ0) is 21.3. The van der Waals surface area contributed by atoms with Gasteiger partial charge in [-0.1, -0.05) is 23.2 Å². The predicted octanol–water partition coefficient (Wildman–Crippen LogP) is 4.72. The molecule has 0 aliphatic carbocycles. The topological polar surface area (TPSA) is 94.3 Å². The molecule has 1 aliphatic rings. The number of carbonyl (C=O) groups is 1. The van der Waals surface area contributed by atoms with Crippen LogP contribution in [0.25, 0.3) is 6.08 Å². The van der Waals surface area contributed by atoms with Gasteiger partial charge in [-0.05, 0) is 37.3 Å². The molecule has 0 unspecified atom stereocenters. The highest BCUT2D eigenvalue weighted by atomic mass is 35.5. The number of hydrogen-bond donors (Lipinski definition) is 0. The zero-order valence-electron chi connectivity index (χ0n) is 15.6. The fourth-order valence-electron chi connectivity index (χ4n) is 2.79. The molecule has 150 valence electrons. The summed E-state index contributed by atoms with van der Waals surface area (Å²) in [7, 11) is 2.80. The van der Waals surface area contributed by atoms with Gasteiger partial charge in [-0.3, -0.25) is 14.9 Å². The Balaban J connectivity index is 2.07. The van der Waals surface area contributed by atoms with Crippen LogP contribution in [0.4, 0.5) is 11.4 Å². The Hall–Kier alpha value is -3.10. The lowest BCUT2D eigenvalue weighted by atomic mass is 10.0. The number of carbonyl (C=O) groups excluding carboxylic acids is 1. The van der Waals surface area contributed by atoms with Crippen LogP contribution >= 0.6 is 23.2 Å². The average Bonchev–Trinajstić information content (AvgIpc) is 2.97. The van der Waals surface area contributed by atoms with Crippen molar-refractivity contribution in [2.75, 3.05) is 19.2 Å². The fourth-order valence-corrected chi connectivity index (χ4v) is 3.08. The van der Waals surface area contributed by atoms with Gasteiger partial charge in [0.2, 0.25) is 0 Å². The summed E-state index contributed by atoms with van der Waals surface area (Å²) in [5.41, 5.74) is 0.968. The third kappa shape index (κ3) is 3.90. The molecule has 2 aromatic rings. The lowest BCUT2D eigenvalue weighted by Gasteiger charge is -2.12. The number of halogens is 2. The van der Waals surface area contributed by atoms with Crippen LogP contribution in [0.5, 0.6) is 11.5 Å². The van der Waals surface area contributed by atoms with Crippen molar-refractivity contribution in [1.82, 2.24) is 0 Å². The van der Waals surface area contributed by atoms with E-state index in [1.54, 1.807) is 19.1 Å². The summed E-state index contributed by atoms with van der Waals surface area (Å²) in [6, 6.07) is 7.35. The van der Waals surface area contributed by atoms with Crippen molar-refractivity contribution in [3.63, 3.8) is 0 Å². The Morgan fingerprint density at radius 2 is 1.76 bits per heavy atom. The number of anilines is 1. The first-order valence-electron chi connectivity index (χ1n) is 8.24. The lowest BCUT2D eigenvalue weighted by Crippen LogP contribution is -2.21. The number of hydrazone groups is 1. The second-order valence-electron chi connectivity index (χ2n) is 5.98. The van der Waals surface area contributed by atoms with E-state index in [1.807, 2.05) is 0 Å². The summed E-state index contributed by atoms with van der Waals surface area (Å²) in [5.74, 6) is 0.0539. The summed E-state index contributed by atoms with van der Waals surface area (Å²) in [4.78, 5) is 23.9. The molecule has 0 saturated carbocycles. The molecule has 0 fully saturated rings. The van der Waals surface area contributed by atoms with Gasteiger partial charge in [-0.15, -0.1) is 0 Å². The molecule has 1 heterocycles. The number of nitrogens with zero attached hydrogens (tertiary/aromatic N) is 3. The maximum Gasteiger partial charge on any atom is 0.280 e. The number of nitro groups is 1. The van der Waals surface area contributed by atoms with Crippen LogP contribution in [0.1, 0.15) is 12.5 Å². The predicted molar refractivity (Wildman–Crippen MR) is 111 cm³/mol. The van der Waals surface area contributed by atoms with Crippen LogP contribution in [0.2, 0.25) is 10.0 Å². The first-order chi connectivity index (χ1) is 13.8. The van der Waals surface area contributed by atoms with Crippen molar-refractivity contribution in [1.29, 1.82) is 0 Å².